The van der Waals surface area contributed by atoms with Crippen LogP contribution >= 0.6 is 0 Å². The van der Waals surface area contributed by atoms with E-state index in [1.54, 1.807) is 0 Å². The highest BCUT2D eigenvalue weighted by Crippen LogP contribution is 2.12. The third-order valence-electron chi connectivity index (χ3n) is 1.46. The summed E-state index contributed by atoms with van der Waals surface area (Å²) in [4.78, 5) is 10.2. The van der Waals surface area contributed by atoms with Gasteiger partial charge in [-0.1, -0.05) is 26.3 Å². The van der Waals surface area contributed by atoms with Gasteiger partial charge in [-0.2, -0.15) is 0 Å². The zero-order valence-corrected chi connectivity index (χ0v) is 6.72. The lowest BCUT2D eigenvalue weighted by Gasteiger charge is -2.05. The Morgan fingerprint density at radius 2 is 2.10 bits per heavy atom. The van der Waals surface area contributed by atoms with Crippen LogP contribution in [0.1, 0.15) is 27.2 Å². The van der Waals surface area contributed by atoms with Gasteiger partial charge in [0.2, 0.25) is 0 Å². The molecule has 0 aromatic carbocycles. The first kappa shape index (κ1) is 9.21. The van der Waals surface area contributed by atoms with Gasteiger partial charge in [0, 0.05) is 6.08 Å². The Morgan fingerprint density at radius 3 is 2.20 bits per heavy atom. The first-order valence-corrected chi connectivity index (χ1v) is 3.51. The summed E-state index contributed by atoms with van der Waals surface area (Å²) in [6, 6.07) is 0. The summed E-state index contributed by atoms with van der Waals surface area (Å²) >= 11 is 0. The topological polar surface area (TPSA) is 37.3 Å². The highest BCUT2D eigenvalue weighted by Gasteiger charge is 2.01. The number of hydrogen-bond donors (Lipinski definition) is 1. The third-order valence-corrected chi connectivity index (χ3v) is 1.46. The van der Waals surface area contributed by atoms with Crippen molar-refractivity contribution >= 4 is 5.97 Å². The number of carboxylic acid groups (broad SMARTS) is 1. The van der Waals surface area contributed by atoms with Crippen LogP contribution in [-0.4, -0.2) is 11.1 Å². The van der Waals surface area contributed by atoms with Crippen LogP contribution in [0.25, 0.3) is 0 Å². The molecule has 0 radical (unpaired) electrons. The van der Waals surface area contributed by atoms with Gasteiger partial charge in [0.25, 0.3) is 0 Å². The number of carbonyl (C=O) groups is 1. The van der Waals surface area contributed by atoms with E-state index < -0.39 is 5.97 Å². The van der Waals surface area contributed by atoms with E-state index in [4.69, 9.17) is 5.11 Å². The van der Waals surface area contributed by atoms with Crippen LogP contribution < -0.4 is 0 Å². The van der Waals surface area contributed by atoms with Gasteiger partial charge >= 0.3 is 5.97 Å². The quantitative estimate of drug-likeness (QED) is 0.612. The van der Waals surface area contributed by atoms with Gasteiger partial charge in [0.15, 0.2) is 0 Å². The van der Waals surface area contributed by atoms with Crippen LogP contribution in [-0.2, 0) is 4.79 Å². The Bertz CT molecular complexity index is 145. The molecule has 0 spiro atoms. The molecule has 0 rings (SSSR count). The smallest absolute Gasteiger partial charge is 0.328 e. The second-order valence-corrected chi connectivity index (χ2v) is 2.57. The van der Waals surface area contributed by atoms with Gasteiger partial charge < -0.3 is 5.11 Å². The van der Waals surface area contributed by atoms with E-state index in [-0.39, 0.29) is 0 Å². The van der Waals surface area contributed by atoms with Crippen LogP contribution in [0, 0.1) is 5.92 Å². The highest BCUT2D eigenvalue weighted by molar-refractivity contribution is 5.80. The Morgan fingerprint density at radius 1 is 1.60 bits per heavy atom. The minimum atomic E-state index is -0.842. The van der Waals surface area contributed by atoms with Crippen molar-refractivity contribution in [1.82, 2.24) is 0 Å². The predicted molar refractivity (Wildman–Crippen MR) is 40.8 cm³/mol. The minimum Gasteiger partial charge on any atom is -0.478 e. The Labute approximate surface area is 61.6 Å². The summed E-state index contributed by atoms with van der Waals surface area (Å²) in [5.74, 6) is -0.494. The summed E-state index contributed by atoms with van der Waals surface area (Å²) in [6.45, 7) is 5.96. The van der Waals surface area contributed by atoms with E-state index in [1.165, 1.54) is 6.08 Å². The number of allylic oxidation sites excluding steroid dienone is 1. The van der Waals surface area contributed by atoms with Crippen molar-refractivity contribution in [1.29, 1.82) is 0 Å². The van der Waals surface area contributed by atoms with Gasteiger partial charge in [-0.15, -0.1) is 0 Å². The largest absolute Gasteiger partial charge is 0.478 e. The van der Waals surface area contributed by atoms with E-state index >= 15 is 0 Å². The fourth-order valence-electron chi connectivity index (χ4n) is 0.836. The molecule has 0 fully saturated rings. The molecule has 58 valence electrons. The zero-order chi connectivity index (χ0) is 8.15. The minimum absolute atomic E-state index is 0.348. The monoisotopic (exact) mass is 142 g/mol. The average molecular weight is 142 g/mol. The SMILES string of the molecule is CC/C(=C\C(=O)O)C(C)C. The number of rotatable bonds is 3. The van der Waals surface area contributed by atoms with Crippen molar-refractivity contribution in [3.8, 4) is 0 Å². The predicted octanol–water partition coefficient (Wildman–Crippen LogP) is 2.06. The van der Waals surface area contributed by atoms with Crippen LogP contribution in [0.3, 0.4) is 0 Å². The molecule has 0 bridgehead atoms. The van der Waals surface area contributed by atoms with Crippen LogP contribution in [0.15, 0.2) is 11.6 Å². The molecular weight excluding hydrogens is 128 g/mol. The summed E-state index contributed by atoms with van der Waals surface area (Å²) in [5, 5.41) is 8.39. The lowest BCUT2D eigenvalue weighted by Crippen LogP contribution is -1.97. The third kappa shape index (κ3) is 3.28. The summed E-state index contributed by atoms with van der Waals surface area (Å²) < 4.78 is 0. The maximum Gasteiger partial charge on any atom is 0.328 e. The molecule has 0 unspecified atom stereocenters. The van der Waals surface area contributed by atoms with Crippen LogP contribution in [0.2, 0.25) is 0 Å². The van der Waals surface area contributed by atoms with Crippen molar-refractivity contribution in [3.05, 3.63) is 11.6 Å². The molecular formula is C8H14O2. The number of carboxylic acids is 1. The molecule has 0 saturated heterocycles. The number of hydrogen-bond acceptors (Lipinski definition) is 1. The van der Waals surface area contributed by atoms with E-state index in [1.807, 2.05) is 20.8 Å². The van der Waals surface area contributed by atoms with Gasteiger partial charge in [-0.3, -0.25) is 0 Å². The Hall–Kier alpha value is -0.790. The van der Waals surface area contributed by atoms with E-state index in [2.05, 4.69) is 0 Å². The van der Waals surface area contributed by atoms with Gasteiger partial charge in [-0.05, 0) is 12.3 Å². The zero-order valence-electron chi connectivity index (χ0n) is 6.72. The first-order valence-electron chi connectivity index (χ1n) is 3.51. The van der Waals surface area contributed by atoms with E-state index in [0.29, 0.717) is 5.92 Å². The Balaban J connectivity index is 4.18. The molecule has 1 N–H and O–H groups in total. The second kappa shape index (κ2) is 4.09. The lowest BCUT2D eigenvalue weighted by atomic mass is 10.0. The van der Waals surface area contributed by atoms with Crippen molar-refractivity contribution < 1.29 is 9.90 Å². The lowest BCUT2D eigenvalue weighted by molar-refractivity contribution is -0.131. The fourth-order valence-corrected chi connectivity index (χ4v) is 0.836. The molecule has 0 aromatic rings. The summed E-state index contributed by atoms with van der Waals surface area (Å²) in [5.41, 5.74) is 0.993. The maximum absolute atomic E-state index is 10.2. The van der Waals surface area contributed by atoms with E-state index in [9.17, 15) is 4.79 Å². The molecule has 0 amide bonds. The van der Waals surface area contributed by atoms with Gasteiger partial charge in [-0.25, -0.2) is 4.79 Å². The van der Waals surface area contributed by atoms with Crippen molar-refractivity contribution in [3.63, 3.8) is 0 Å². The molecule has 10 heavy (non-hydrogen) atoms. The van der Waals surface area contributed by atoms with Gasteiger partial charge in [0.1, 0.15) is 0 Å². The average Bonchev–Trinajstić information content (AvgIpc) is 1.81. The highest BCUT2D eigenvalue weighted by atomic mass is 16.4. The summed E-state index contributed by atoms with van der Waals surface area (Å²) in [7, 11) is 0. The van der Waals surface area contributed by atoms with Crippen LogP contribution in [0.4, 0.5) is 0 Å². The normalized spacial score (nSPS) is 12.2. The molecule has 0 aliphatic rings. The number of aliphatic carboxylic acids is 1. The molecule has 0 aliphatic heterocycles. The second-order valence-electron chi connectivity index (χ2n) is 2.57. The van der Waals surface area contributed by atoms with Crippen molar-refractivity contribution in [2.75, 3.05) is 0 Å². The standard InChI is InChI=1S/C8H14O2/c1-4-7(6(2)3)5-8(9)10/h5-6H,4H2,1-3H3,(H,9,10)/b7-5+. The van der Waals surface area contributed by atoms with Gasteiger partial charge in [0.05, 0.1) is 0 Å². The fraction of sp³-hybridized carbons (Fsp3) is 0.625. The van der Waals surface area contributed by atoms with Crippen molar-refractivity contribution in [2.24, 2.45) is 5.92 Å². The summed E-state index contributed by atoms with van der Waals surface area (Å²) in [6.07, 6.45) is 2.12. The molecule has 0 saturated carbocycles. The van der Waals surface area contributed by atoms with E-state index in [0.717, 1.165) is 12.0 Å². The molecule has 0 heterocycles. The first-order chi connectivity index (χ1) is 4.57. The molecule has 2 heteroatoms. The van der Waals surface area contributed by atoms with Crippen LogP contribution in [0.5, 0.6) is 0 Å². The molecule has 0 atom stereocenters. The maximum atomic E-state index is 10.2. The molecule has 2 nitrogen and oxygen atoms in total. The molecule has 0 aromatic heterocycles. The Kier molecular flexibility index (Phi) is 3.77. The molecule has 0 aliphatic carbocycles. The van der Waals surface area contributed by atoms with Crippen molar-refractivity contribution in [2.45, 2.75) is 27.2 Å².